The number of hydrogen-bond acceptors (Lipinski definition) is 6. The maximum Gasteiger partial charge on any atom is 0.264 e. The number of fused-ring (bicyclic) bond motifs is 1. The van der Waals surface area contributed by atoms with Gasteiger partial charge in [0, 0.05) is 38.3 Å². The average molecular weight is 465 g/mol. The first kappa shape index (κ1) is 22.3. The first-order valence-corrected chi connectivity index (χ1v) is 12.8. The molecule has 5 rings (SSSR count). The fourth-order valence-corrected chi connectivity index (χ4v) is 6.26. The lowest BCUT2D eigenvalue weighted by Gasteiger charge is -2.38. The van der Waals surface area contributed by atoms with Crippen molar-refractivity contribution in [1.29, 1.82) is 0 Å². The molecule has 2 aromatic heterocycles. The van der Waals surface area contributed by atoms with E-state index in [2.05, 4.69) is 52.5 Å². The molecule has 6 nitrogen and oxygen atoms in total. The van der Waals surface area contributed by atoms with Crippen LogP contribution in [-0.2, 0) is 10.2 Å². The predicted octanol–water partition coefficient (Wildman–Crippen LogP) is 5.03. The molecule has 0 aliphatic carbocycles. The van der Waals surface area contributed by atoms with E-state index in [4.69, 9.17) is 4.74 Å². The standard InChI is InChI=1S/C26H32N4O2S/c1-18-8-12-30(13-9-18)25(31)22-19(2)21-23(28-17-29-24(21)33-22)27-16-26(10-14-32-15-11-26)20-6-4-3-5-7-20/h3-7,17-18H,8-16H2,1-2H3,(H,27,28,29). The molecule has 2 fully saturated rings. The molecule has 33 heavy (non-hydrogen) atoms. The van der Waals surface area contributed by atoms with Crippen LogP contribution in [0, 0.1) is 12.8 Å². The number of benzene rings is 1. The minimum Gasteiger partial charge on any atom is -0.381 e. The van der Waals surface area contributed by atoms with Crippen molar-refractivity contribution in [2.45, 2.75) is 44.9 Å². The van der Waals surface area contributed by atoms with Gasteiger partial charge in [0.15, 0.2) is 0 Å². The van der Waals surface area contributed by atoms with Gasteiger partial charge in [0.1, 0.15) is 17.0 Å². The summed E-state index contributed by atoms with van der Waals surface area (Å²) in [6, 6.07) is 10.7. The van der Waals surface area contributed by atoms with Crippen molar-refractivity contribution < 1.29 is 9.53 Å². The van der Waals surface area contributed by atoms with Crippen LogP contribution in [0.4, 0.5) is 5.82 Å². The highest BCUT2D eigenvalue weighted by Crippen LogP contribution is 2.38. The number of carbonyl (C=O) groups excluding carboxylic acids is 1. The third kappa shape index (κ3) is 4.36. The van der Waals surface area contributed by atoms with E-state index in [0.29, 0.717) is 5.92 Å². The lowest BCUT2D eigenvalue weighted by molar-refractivity contribution is 0.0543. The molecule has 4 heterocycles. The molecule has 7 heteroatoms. The monoisotopic (exact) mass is 464 g/mol. The van der Waals surface area contributed by atoms with Crippen molar-refractivity contribution in [3.63, 3.8) is 0 Å². The number of aryl methyl sites for hydroxylation is 1. The van der Waals surface area contributed by atoms with Crippen LogP contribution >= 0.6 is 11.3 Å². The maximum absolute atomic E-state index is 13.3. The third-order valence-electron chi connectivity index (χ3n) is 7.42. The molecule has 0 spiro atoms. The van der Waals surface area contributed by atoms with Crippen LogP contribution < -0.4 is 5.32 Å². The van der Waals surface area contributed by atoms with Gasteiger partial charge in [-0.15, -0.1) is 11.3 Å². The Kier molecular flexibility index (Phi) is 6.34. The van der Waals surface area contributed by atoms with Crippen LogP contribution in [0.5, 0.6) is 0 Å². The van der Waals surface area contributed by atoms with Crippen molar-refractivity contribution in [2.75, 3.05) is 38.2 Å². The lowest BCUT2D eigenvalue weighted by atomic mass is 9.74. The number of nitrogens with one attached hydrogen (secondary N) is 1. The summed E-state index contributed by atoms with van der Waals surface area (Å²) in [6.07, 6.45) is 5.70. The quantitative estimate of drug-likeness (QED) is 0.573. The molecule has 1 aromatic carbocycles. The van der Waals surface area contributed by atoms with Gasteiger partial charge in [-0.05, 0) is 49.7 Å². The number of aromatic nitrogens is 2. The summed E-state index contributed by atoms with van der Waals surface area (Å²) in [4.78, 5) is 26.1. The number of thiophene rings is 1. The number of carbonyl (C=O) groups is 1. The van der Waals surface area contributed by atoms with Gasteiger partial charge in [-0.2, -0.15) is 0 Å². The normalized spacial score (nSPS) is 19.0. The molecular formula is C26H32N4O2S. The van der Waals surface area contributed by atoms with Crippen molar-refractivity contribution in [3.05, 3.63) is 52.7 Å². The highest BCUT2D eigenvalue weighted by molar-refractivity contribution is 7.20. The Morgan fingerprint density at radius 3 is 2.64 bits per heavy atom. The molecule has 1 amide bonds. The van der Waals surface area contributed by atoms with Crippen molar-refractivity contribution in [3.8, 4) is 0 Å². The second-order valence-electron chi connectivity index (χ2n) is 9.55. The molecule has 1 N–H and O–H groups in total. The number of amides is 1. The molecule has 174 valence electrons. The molecule has 2 aliphatic rings. The van der Waals surface area contributed by atoms with Gasteiger partial charge in [-0.25, -0.2) is 9.97 Å². The predicted molar refractivity (Wildman–Crippen MR) is 133 cm³/mol. The molecule has 3 aromatic rings. The van der Waals surface area contributed by atoms with Crippen molar-refractivity contribution in [2.24, 2.45) is 5.92 Å². The van der Waals surface area contributed by atoms with E-state index in [-0.39, 0.29) is 11.3 Å². The smallest absolute Gasteiger partial charge is 0.264 e. The second kappa shape index (κ2) is 9.39. The van der Waals surface area contributed by atoms with Crippen molar-refractivity contribution in [1.82, 2.24) is 14.9 Å². The Hall–Kier alpha value is -2.51. The van der Waals surface area contributed by atoms with Gasteiger partial charge in [-0.1, -0.05) is 37.3 Å². The number of ether oxygens (including phenoxy) is 1. The van der Waals surface area contributed by atoms with Crippen molar-refractivity contribution >= 4 is 33.3 Å². The zero-order valence-electron chi connectivity index (χ0n) is 19.5. The van der Waals surface area contributed by atoms with Crippen LogP contribution in [0.25, 0.3) is 10.2 Å². The van der Waals surface area contributed by atoms with Crippen LogP contribution in [0.15, 0.2) is 36.7 Å². The fourth-order valence-electron chi connectivity index (χ4n) is 5.14. The molecule has 0 saturated carbocycles. The summed E-state index contributed by atoms with van der Waals surface area (Å²) in [6.45, 7) is 8.28. The van der Waals surface area contributed by atoms with Crippen LogP contribution in [-0.4, -0.2) is 53.6 Å². The Labute approximate surface area is 199 Å². The Bertz CT molecular complexity index is 1120. The minimum atomic E-state index is 0.00382. The highest BCUT2D eigenvalue weighted by atomic mass is 32.1. The maximum atomic E-state index is 13.3. The van der Waals surface area contributed by atoms with Gasteiger partial charge < -0.3 is 15.0 Å². The van der Waals surface area contributed by atoms with Gasteiger partial charge in [-0.3, -0.25) is 4.79 Å². The Morgan fingerprint density at radius 1 is 1.18 bits per heavy atom. The number of likely N-dealkylation sites (tertiary alicyclic amines) is 1. The summed E-state index contributed by atoms with van der Waals surface area (Å²) in [7, 11) is 0. The van der Waals surface area contributed by atoms with E-state index >= 15 is 0 Å². The van der Waals surface area contributed by atoms with Gasteiger partial charge >= 0.3 is 0 Å². The summed E-state index contributed by atoms with van der Waals surface area (Å²) in [5.74, 6) is 1.65. The molecule has 0 atom stereocenters. The Morgan fingerprint density at radius 2 is 1.91 bits per heavy atom. The number of piperidine rings is 1. The van der Waals surface area contributed by atoms with Gasteiger partial charge in [0.25, 0.3) is 5.91 Å². The first-order valence-electron chi connectivity index (χ1n) is 12.0. The SMILES string of the molecule is Cc1c(C(=O)N2CCC(C)CC2)sc2ncnc(NCC3(c4ccccc4)CCOCC3)c12. The third-order valence-corrected chi connectivity index (χ3v) is 8.61. The van der Waals surface area contributed by atoms with E-state index in [1.165, 1.54) is 16.9 Å². The van der Waals surface area contributed by atoms with E-state index in [0.717, 1.165) is 85.0 Å². The lowest BCUT2D eigenvalue weighted by Crippen LogP contribution is -2.40. The molecule has 0 unspecified atom stereocenters. The summed E-state index contributed by atoms with van der Waals surface area (Å²) >= 11 is 1.50. The zero-order chi connectivity index (χ0) is 22.8. The minimum absolute atomic E-state index is 0.00382. The van der Waals surface area contributed by atoms with Crippen LogP contribution in [0.1, 0.15) is 53.4 Å². The van der Waals surface area contributed by atoms with E-state index in [1.54, 1.807) is 6.33 Å². The molecular weight excluding hydrogens is 432 g/mol. The van der Waals surface area contributed by atoms with E-state index in [1.807, 2.05) is 11.8 Å². The fraction of sp³-hybridized carbons (Fsp3) is 0.500. The molecule has 0 radical (unpaired) electrons. The van der Waals surface area contributed by atoms with Crippen LogP contribution in [0.3, 0.4) is 0 Å². The molecule has 0 bridgehead atoms. The Balaban J connectivity index is 1.42. The van der Waals surface area contributed by atoms with Gasteiger partial charge in [0.2, 0.25) is 0 Å². The number of anilines is 1. The first-order chi connectivity index (χ1) is 16.1. The highest BCUT2D eigenvalue weighted by Gasteiger charge is 2.35. The van der Waals surface area contributed by atoms with Crippen LogP contribution in [0.2, 0.25) is 0 Å². The van der Waals surface area contributed by atoms with E-state index in [9.17, 15) is 4.79 Å². The summed E-state index contributed by atoms with van der Waals surface area (Å²) in [5, 5.41) is 4.63. The topological polar surface area (TPSA) is 67.4 Å². The number of rotatable bonds is 5. The molecule has 2 aliphatic heterocycles. The summed E-state index contributed by atoms with van der Waals surface area (Å²) < 4.78 is 5.69. The number of nitrogens with zero attached hydrogens (tertiary/aromatic N) is 3. The zero-order valence-corrected chi connectivity index (χ0v) is 20.3. The average Bonchev–Trinajstić information content (AvgIpc) is 3.21. The number of hydrogen-bond donors (Lipinski definition) is 1. The van der Waals surface area contributed by atoms with Gasteiger partial charge in [0.05, 0.1) is 10.3 Å². The second-order valence-corrected chi connectivity index (χ2v) is 10.5. The van der Waals surface area contributed by atoms with E-state index < -0.39 is 0 Å². The molecule has 2 saturated heterocycles. The summed E-state index contributed by atoms with van der Waals surface area (Å²) in [5.41, 5.74) is 2.33. The largest absolute Gasteiger partial charge is 0.381 e.